The molecule has 0 aromatic carbocycles. The summed E-state index contributed by atoms with van der Waals surface area (Å²) in [6.07, 6.45) is 19.4. The van der Waals surface area contributed by atoms with E-state index in [0.29, 0.717) is 6.42 Å². The van der Waals surface area contributed by atoms with Crippen molar-refractivity contribution in [2.24, 2.45) is 0 Å². The van der Waals surface area contributed by atoms with Gasteiger partial charge in [0.1, 0.15) is 0 Å². The molecule has 0 N–H and O–H groups in total. The first-order chi connectivity index (χ1) is 7.91. The van der Waals surface area contributed by atoms with Gasteiger partial charge < -0.3 is 0 Å². The number of hydrogen-bond donors (Lipinski definition) is 0. The first kappa shape index (κ1) is 13.6. The lowest BCUT2D eigenvalue weighted by Gasteiger charge is -1.76. The molecule has 0 nitrogen and oxygen atoms in total. The Morgan fingerprint density at radius 2 is 1.94 bits per heavy atom. The summed E-state index contributed by atoms with van der Waals surface area (Å²) >= 11 is 0. The number of rotatable bonds is 4. The lowest BCUT2D eigenvalue weighted by molar-refractivity contribution is 1.40. The van der Waals surface area contributed by atoms with Crippen LogP contribution < -0.4 is 0 Å². The molecule has 0 saturated carbocycles. The van der Waals surface area contributed by atoms with Crippen molar-refractivity contribution < 1.29 is 0 Å². The lowest BCUT2D eigenvalue weighted by Crippen LogP contribution is -1.58. The standard InChI is InChI=1S/C16H14/c1-3-5-7-9-11-13-15-16-14-12-10-8-6-4-2/h1,4-5,7,9,11,15-16H,2,6,13H2. The van der Waals surface area contributed by atoms with Crippen LogP contribution in [0, 0.1) is 36.0 Å². The third-order valence-electron chi connectivity index (χ3n) is 1.38. The molecule has 0 aromatic rings. The molecule has 16 heavy (non-hydrogen) atoms. The fraction of sp³-hybridized carbons (Fsp3) is 0.125. The van der Waals surface area contributed by atoms with Crippen LogP contribution in [0.3, 0.4) is 0 Å². The van der Waals surface area contributed by atoms with Gasteiger partial charge in [0.05, 0.1) is 0 Å². The molecule has 0 aliphatic heterocycles. The van der Waals surface area contributed by atoms with Gasteiger partial charge in [-0.05, 0) is 30.4 Å². The van der Waals surface area contributed by atoms with Gasteiger partial charge in [0.15, 0.2) is 0 Å². The monoisotopic (exact) mass is 206 g/mol. The van der Waals surface area contributed by atoms with Crippen LogP contribution in [0.15, 0.2) is 49.1 Å². The van der Waals surface area contributed by atoms with E-state index in [-0.39, 0.29) is 0 Å². The van der Waals surface area contributed by atoms with E-state index >= 15 is 0 Å². The largest absolute Gasteiger partial charge is 0.115 e. The van der Waals surface area contributed by atoms with Crippen LogP contribution in [0.2, 0.25) is 0 Å². The maximum atomic E-state index is 5.04. The van der Waals surface area contributed by atoms with Crippen molar-refractivity contribution in [1.29, 1.82) is 0 Å². The number of allylic oxidation sites excluding steroid dienone is 7. The average molecular weight is 206 g/mol. The fourth-order valence-corrected chi connectivity index (χ4v) is 0.719. The topological polar surface area (TPSA) is 0 Å². The van der Waals surface area contributed by atoms with Gasteiger partial charge in [0, 0.05) is 6.42 Å². The van der Waals surface area contributed by atoms with Gasteiger partial charge in [-0.3, -0.25) is 0 Å². The summed E-state index contributed by atoms with van der Waals surface area (Å²) in [5.41, 5.74) is 0. The van der Waals surface area contributed by atoms with E-state index in [1.165, 1.54) is 0 Å². The van der Waals surface area contributed by atoms with Crippen molar-refractivity contribution >= 4 is 0 Å². The van der Waals surface area contributed by atoms with Crippen LogP contribution in [0.25, 0.3) is 0 Å². The second kappa shape index (κ2) is 12.6. The zero-order valence-electron chi connectivity index (χ0n) is 9.24. The summed E-state index contributed by atoms with van der Waals surface area (Å²) in [7, 11) is 0. The predicted octanol–water partition coefficient (Wildman–Crippen LogP) is 3.26. The van der Waals surface area contributed by atoms with E-state index in [9.17, 15) is 0 Å². The van der Waals surface area contributed by atoms with E-state index in [2.05, 4.69) is 36.2 Å². The van der Waals surface area contributed by atoms with Crippen molar-refractivity contribution in [1.82, 2.24) is 0 Å². The highest BCUT2D eigenvalue weighted by molar-refractivity contribution is 5.31. The Hall–Kier alpha value is -2.36. The smallest absolute Gasteiger partial charge is 0.0277 e. The molecule has 0 heterocycles. The van der Waals surface area contributed by atoms with Crippen molar-refractivity contribution in [3.8, 4) is 36.0 Å². The predicted molar refractivity (Wildman–Crippen MR) is 71.2 cm³/mol. The summed E-state index contributed by atoms with van der Waals surface area (Å²) in [6, 6.07) is 0. The van der Waals surface area contributed by atoms with E-state index in [1.54, 1.807) is 18.2 Å². The minimum Gasteiger partial charge on any atom is -0.115 e. The van der Waals surface area contributed by atoms with Crippen LogP contribution in [-0.4, -0.2) is 0 Å². The van der Waals surface area contributed by atoms with Crippen molar-refractivity contribution in [3.63, 3.8) is 0 Å². The summed E-state index contributed by atoms with van der Waals surface area (Å²) < 4.78 is 0. The SMILES string of the molecule is C#CC=CC=CCC=CC#CC#CCC=C. The van der Waals surface area contributed by atoms with Crippen LogP contribution >= 0.6 is 0 Å². The highest BCUT2D eigenvalue weighted by Crippen LogP contribution is 1.86. The lowest BCUT2D eigenvalue weighted by atomic mass is 10.3. The Labute approximate surface area is 98.5 Å². The van der Waals surface area contributed by atoms with Gasteiger partial charge in [-0.25, -0.2) is 0 Å². The minimum absolute atomic E-state index is 0.683. The van der Waals surface area contributed by atoms with E-state index in [4.69, 9.17) is 6.42 Å². The molecule has 0 aromatic heterocycles. The molecule has 0 radical (unpaired) electrons. The van der Waals surface area contributed by atoms with Gasteiger partial charge in [0.25, 0.3) is 0 Å². The molecule has 0 aliphatic carbocycles. The van der Waals surface area contributed by atoms with Gasteiger partial charge in [-0.1, -0.05) is 48.1 Å². The average Bonchev–Trinajstić information content (AvgIpc) is 2.31. The van der Waals surface area contributed by atoms with Crippen LogP contribution in [-0.2, 0) is 0 Å². The Bertz CT molecular complexity index is 428. The maximum Gasteiger partial charge on any atom is 0.0277 e. The Morgan fingerprint density at radius 1 is 1.06 bits per heavy atom. The second-order valence-electron chi connectivity index (χ2n) is 2.66. The zero-order chi connectivity index (χ0) is 11.9. The fourth-order valence-electron chi connectivity index (χ4n) is 0.719. The maximum absolute atomic E-state index is 5.04. The Balaban J connectivity index is 3.75. The van der Waals surface area contributed by atoms with Gasteiger partial charge in [0.2, 0.25) is 0 Å². The number of hydrogen-bond acceptors (Lipinski definition) is 0. The Morgan fingerprint density at radius 3 is 2.69 bits per heavy atom. The van der Waals surface area contributed by atoms with E-state index in [1.807, 2.05) is 24.3 Å². The molecular weight excluding hydrogens is 192 g/mol. The molecule has 0 atom stereocenters. The van der Waals surface area contributed by atoms with E-state index in [0.717, 1.165) is 6.42 Å². The molecule has 0 rings (SSSR count). The molecule has 0 heteroatoms. The van der Waals surface area contributed by atoms with E-state index < -0.39 is 0 Å². The zero-order valence-corrected chi connectivity index (χ0v) is 9.24. The van der Waals surface area contributed by atoms with Gasteiger partial charge >= 0.3 is 0 Å². The van der Waals surface area contributed by atoms with Crippen LogP contribution in [0.1, 0.15) is 12.8 Å². The normalized spacial score (nSPS) is 9.44. The van der Waals surface area contributed by atoms with Gasteiger partial charge in [-0.2, -0.15) is 0 Å². The molecular formula is C16H14. The molecule has 0 unspecified atom stereocenters. The molecule has 0 spiro atoms. The molecule has 0 aliphatic rings. The third-order valence-corrected chi connectivity index (χ3v) is 1.38. The summed E-state index contributed by atoms with van der Waals surface area (Å²) in [6.45, 7) is 3.56. The first-order valence-electron chi connectivity index (χ1n) is 4.94. The molecule has 0 saturated heterocycles. The highest BCUT2D eigenvalue weighted by Gasteiger charge is 1.67. The molecule has 0 fully saturated rings. The summed E-state index contributed by atoms with van der Waals surface area (Å²) in [5.74, 6) is 13.5. The van der Waals surface area contributed by atoms with Gasteiger partial charge in [-0.15, -0.1) is 13.0 Å². The first-order valence-corrected chi connectivity index (χ1v) is 4.94. The summed E-state index contributed by atoms with van der Waals surface area (Å²) in [4.78, 5) is 0. The molecule has 0 bridgehead atoms. The summed E-state index contributed by atoms with van der Waals surface area (Å²) in [5, 5.41) is 0. The molecule has 78 valence electrons. The van der Waals surface area contributed by atoms with Crippen molar-refractivity contribution in [2.45, 2.75) is 12.8 Å². The Kier molecular flexibility index (Phi) is 10.8. The number of terminal acetylenes is 1. The van der Waals surface area contributed by atoms with Crippen molar-refractivity contribution in [2.75, 3.05) is 0 Å². The quantitative estimate of drug-likeness (QED) is 0.376. The highest BCUT2D eigenvalue weighted by atomic mass is 13.7. The third kappa shape index (κ3) is 11.6. The minimum atomic E-state index is 0.683. The van der Waals surface area contributed by atoms with Crippen LogP contribution in [0.4, 0.5) is 0 Å². The van der Waals surface area contributed by atoms with Crippen molar-refractivity contribution in [3.05, 3.63) is 49.1 Å². The second-order valence-corrected chi connectivity index (χ2v) is 2.66. The molecule has 0 amide bonds. The van der Waals surface area contributed by atoms with Crippen LogP contribution in [0.5, 0.6) is 0 Å².